The largest absolute Gasteiger partial charge is 0.389 e. The summed E-state index contributed by atoms with van der Waals surface area (Å²) in [5.41, 5.74) is 1.18. The van der Waals surface area contributed by atoms with E-state index in [9.17, 15) is 9.90 Å². The molecule has 7 heteroatoms. The fraction of sp³-hybridized carbons (Fsp3) is 0.278. The minimum atomic E-state index is -0.816. The van der Waals surface area contributed by atoms with Crippen LogP contribution in [0.25, 0.3) is 5.65 Å². The molecule has 0 radical (unpaired) electrons. The van der Waals surface area contributed by atoms with E-state index in [1.807, 2.05) is 30.3 Å². The van der Waals surface area contributed by atoms with Crippen LogP contribution in [0.2, 0.25) is 0 Å². The fourth-order valence-electron chi connectivity index (χ4n) is 3.39. The first kappa shape index (κ1) is 15.7. The maximum Gasteiger partial charge on any atom is 0.252 e. The third kappa shape index (κ3) is 2.77. The van der Waals surface area contributed by atoms with Gasteiger partial charge in [-0.15, -0.1) is 0 Å². The molecule has 3 heterocycles. The molecule has 25 heavy (non-hydrogen) atoms. The predicted octanol–water partition coefficient (Wildman–Crippen LogP) is 0.709. The van der Waals surface area contributed by atoms with Crippen molar-refractivity contribution in [1.82, 2.24) is 25.2 Å². The molecule has 3 N–H and O–H groups in total. The van der Waals surface area contributed by atoms with Crippen LogP contribution in [0, 0.1) is 0 Å². The van der Waals surface area contributed by atoms with E-state index in [2.05, 4.69) is 20.7 Å². The van der Waals surface area contributed by atoms with Crippen LogP contribution in [-0.4, -0.2) is 44.8 Å². The lowest BCUT2D eigenvalue weighted by atomic mass is 9.79. The molecule has 2 aromatic heterocycles. The molecule has 128 valence electrons. The lowest BCUT2D eigenvalue weighted by Crippen LogP contribution is -2.61. The highest BCUT2D eigenvalue weighted by Crippen LogP contribution is 2.31. The second-order valence-electron chi connectivity index (χ2n) is 6.24. The molecule has 2 atom stereocenters. The number of fused-ring (bicyclic) bond motifs is 1. The topological polar surface area (TPSA) is 91.5 Å². The molecular formula is C18H19N5O2. The molecule has 0 spiro atoms. The number of β-amino-alcohol motifs (C(OH)–C–C–N with tert-alkyl or cyclic N) is 1. The maximum absolute atomic E-state index is 12.9. The molecule has 3 aromatic rings. The van der Waals surface area contributed by atoms with Gasteiger partial charge in [0.15, 0.2) is 5.65 Å². The molecule has 1 amide bonds. The summed E-state index contributed by atoms with van der Waals surface area (Å²) in [5.74, 6) is -0.240. The third-order valence-electron chi connectivity index (χ3n) is 4.77. The summed E-state index contributed by atoms with van der Waals surface area (Å²) in [7, 11) is 0. The Hall–Kier alpha value is -2.77. The highest BCUT2D eigenvalue weighted by atomic mass is 16.3. The summed E-state index contributed by atoms with van der Waals surface area (Å²) in [6.07, 6.45) is 3.03. The Morgan fingerprint density at radius 2 is 2.16 bits per heavy atom. The fourth-order valence-corrected chi connectivity index (χ4v) is 3.39. The van der Waals surface area contributed by atoms with Gasteiger partial charge in [0, 0.05) is 18.3 Å². The van der Waals surface area contributed by atoms with Crippen molar-refractivity contribution in [3.8, 4) is 0 Å². The van der Waals surface area contributed by atoms with Crippen LogP contribution in [0.15, 0.2) is 55.0 Å². The summed E-state index contributed by atoms with van der Waals surface area (Å²) < 4.78 is 1.60. The van der Waals surface area contributed by atoms with Crippen LogP contribution in [0.1, 0.15) is 22.3 Å². The number of nitrogens with one attached hydrogen (secondary N) is 2. The average molecular weight is 337 g/mol. The van der Waals surface area contributed by atoms with Crippen molar-refractivity contribution in [1.29, 1.82) is 0 Å². The number of aromatic nitrogens is 3. The molecule has 1 aromatic carbocycles. The van der Waals surface area contributed by atoms with Gasteiger partial charge in [-0.1, -0.05) is 30.3 Å². The zero-order valence-corrected chi connectivity index (χ0v) is 13.6. The monoisotopic (exact) mass is 337 g/mol. The number of amides is 1. The van der Waals surface area contributed by atoms with Crippen molar-refractivity contribution in [2.24, 2.45) is 0 Å². The molecule has 7 nitrogen and oxygen atoms in total. The Labute approximate surface area is 144 Å². The molecule has 1 fully saturated rings. The van der Waals surface area contributed by atoms with E-state index < -0.39 is 11.6 Å². The number of pyridine rings is 1. The van der Waals surface area contributed by atoms with E-state index in [0.29, 0.717) is 24.2 Å². The van der Waals surface area contributed by atoms with E-state index in [1.165, 1.54) is 6.33 Å². The quantitative estimate of drug-likeness (QED) is 0.655. The second kappa shape index (κ2) is 6.27. The Morgan fingerprint density at radius 3 is 2.96 bits per heavy atom. The third-order valence-corrected chi connectivity index (χ3v) is 4.77. The first-order chi connectivity index (χ1) is 12.2. The number of hydrogen-bond donors (Lipinski definition) is 3. The zero-order chi connectivity index (χ0) is 17.3. The summed E-state index contributed by atoms with van der Waals surface area (Å²) in [6.45, 7) is 1.15. The van der Waals surface area contributed by atoms with Gasteiger partial charge < -0.3 is 15.7 Å². The molecule has 4 rings (SSSR count). The van der Waals surface area contributed by atoms with E-state index >= 15 is 0 Å². The number of aliphatic hydroxyl groups excluding tert-OH is 1. The summed E-state index contributed by atoms with van der Waals surface area (Å²) in [6, 6.07) is 13.0. The highest BCUT2D eigenvalue weighted by molar-refractivity contribution is 5.95. The van der Waals surface area contributed by atoms with Gasteiger partial charge in [-0.05, 0) is 30.7 Å². The molecule has 1 saturated heterocycles. The Kier molecular flexibility index (Phi) is 3.95. The number of rotatable bonds is 3. The minimum absolute atomic E-state index is 0.240. The van der Waals surface area contributed by atoms with Crippen molar-refractivity contribution in [3.63, 3.8) is 0 Å². The normalized spacial score (nSPS) is 23.5. The van der Waals surface area contributed by atoms with E-state index in [1.54, 1.807) is 22.8 Å². The van der Waals surface area contributed by atoms with Gasteiger partial charge in [0.25, 0.3) is 5.91 Å². The number of benzene rings is 1. The van der Waals surface area contributed by atoms with Crippen LogP contribution < -0.4 is 10.6 Å². The van der Waals surface area contributed by atoms with E-state index in [0.717, 1.165) is 12.1 Å². The van der Waals surface area contributed by atoms with Crippen LogP contribution in [-0.2, 0) is 5.54 Å². The van der Waals surface area contributed by atoms with Crippen LogP contribution >= 0.6 is 0 Å². The van der Waals surface area contributed by atoms with Gasteiger partial charge in [-0.2, -0.15) is 5.10 Å². The van der Waals surface area contributed by atoms with Crippen LogP contribution in [0.5, 0.6) is 0 Å². The van der Waals surface area contributed by atoms with Gasteiger partial charge in [-0.3, -0.25) is 4.79 Å². The molecule has 1 aliphatic heterocycles. The van der Waals surface area contributed by atoms with Gasteiger partial charge in [-0.25, -0.2) is 9.50 Å². The standard InChI is InChI=1S/C18H19N5O2/c24-15-11-19-8-7-18(15,14-4-2-1-3-5-14)22-17(25)13-6-9-23-16(10-13)20-12-21-23/h1-6,9-10,12,15,19,24H,7-8,11H2,(H,22,25)/t15-,18+/m1/s1. The van der Waals surface area contributed by atoms with Crippen molar-refractivity contribution in [2.45, 2.75) is 18.1 Å². The highest BCUT2D eigenvalue weighted by Gasteiger charge is 2.42. The summed E-state index contributed by atoms with van der Waals surface area (Å²) >= 11 is 0. The first-order valence-corrected chi connectivity index (χ1v) is 8.25. The van der Waals surface area contributed by atoms with Crippen molar-refractivity contribution < 1.29 is 9.90 Å². The molecule has 0 unspecified atom stereocenters. The lowest BCUT2D eigenvalue weighted by Gasteiger charge is -2.43. The number of carbonyl (C=O) groups is 1. The molecule has 0 saturated carbocycles. The molecular weight excluding hydrogens is 318 g/mol. The Balaban J connectivity index is 1.69. The van der Waals surface area contributed by atoms with Gasteiger partial charge >= 0.3 is 0 Å². The minimum Gasteiger partial charge on any atom is -0.389 e. The first-order valence-electron chi connectivity index (χ1n) is 8.25. The van der Waals surface area contributed by atoms with Crippen molar-refractivity contribution in [3.05, 3.63) is 66.1 Å². The van der Waals surface area contributed by atoms with Crippen molar-refractivity contribution >= 4 is 11.6 Å². The zero-order valence-electron chi connectivity index (χ0n) is 13.6. The Morgan fingerprint density at radius 1 is 1.32 bits per heavy atom. The lowest BCUT2D eigenvalue weighted by molar-refractivity contribution is 0.0289. The summed E-state index contributed by atoms with van der Waals surface area (Å²) in [4.78, 5) is 17.0. The number of aliphatic hydroxyl groups is 1. The predicted molar refractivity (Wildman–Crippen MR) is 92.1 cm³/mol. The second-order valence-corrected chi connectivity index (χ2v) is 6.24. The summed E-state index contributed by atoms with van der Waals surface area (Å²) in [5, 5.41) is 21.0. The van der Waals surface area contributed by atoms with Crippen LogP contribution in [0.4, 0.5) is 0 Å². The Bertz CT molecular complexity index is 895. The number of hydrogen-bond acceptors (Lipinski definition) is 5. The van der Waals surface area contributed by atoms with Gasteiger partial charge in [0.05, 0.1) is 11.6 Å². The molecule has 1 aliphatic rings. The van der Waals surface area contributed by atoms with Gasteiger partial charge in [0.2, 0.25) is 0 Å². The smallest absolute Gasteiger partial charge is 0.252 e. The average Bonchev–Trinajstić information content (AvgIpc) is 3.12. The van der Waals surface area contributed by atoms with E-state index in [4.69, 9.17) is 0 Å². The number of nitrogens with zero attached hydrogens (tertiary/aromatic N) is 3. The van der Waals surface area contributed by atoms with Crippen LogP contribution in [0.3, 0.4) is 0 Å². The number of piperidine rings is 1. The number of carbonyl (C=O) groups excluding carboxylic acids is 1. The van der Waals surface area contributed by atoms with E-state index in [-0.39, 0.29) is 5.91 Å². The van der Waals surface area contributed by atoms with Crippen molar-refractivity contribution in [2.75, 3.05) is 13.1 Å². The maximum atomic E-state index is 12.9. The van der Waals surface area contributed by atoms with Gasteiger partial charge in [0.1, 0.15) is 6.33 Å². The molecule has 0 bridgehead atoms. The molecule has 0 aliphatic carbocycles. The SMILES string of the molecule is O=C(N[C@]1(c2ccccc2)CCNC[C@H]1O)c1ccn2ncnc2c1.